The molecule has 4 rings (SSSR count). The van der Waals surface area contributed by atoms with Gasteiger partial charge in [-0.1, -0.05) is 71.8 Å². The first-order valence-corrected chi connectivity index (χ1v) is 10.8. The molecule has 32 heavy (non-hydrogen) atoms. The molecule has 1 heterocycles. The highest BCUT2D eigenvalue weighted by Crippen LogP contribution is 2.47. The van der Waals surface area contributed by atoms with Gasteiger partial charge in [0.2, 0.25) is 0 Å². The third-order valence-electron chi connectivity index (χ3n) is 5.45. The lowest BCUT2D eigenvalue weighted by Gasteiger charge is -2.21. The van der Waals surface area contributed by atoms with Crippen molar-refractivity contribution < 1.29 is 26.4 Å². The minimum Gasteiger partial charge on any atom is -1.00 e. The zero-order valence-corrected chi connectivity index (χ0v) is 19.8. The highest BCUT2D eigenvalue weighted by atomic mass is 35.5. The molecule has 0 saturated heterocycles. The summed E-state index contributed by atoms with van der Waals surface area (Å²) in [6.45, 7) is 2.85. The van der Waals surface area contributed by atoms with Crippen molar-refractivity contribution in [3.05, 3.63) is 118 Å². The second-order valence-corrected chi connectivity index (χ2v) is 8.58. The number of nitrogens with one attached hydrogen (secondary N) is 1. The van der Waals surface area contributed by atoms with Crippen molar-refractivity contribution >= 4 is 17.4 Å². The summed E-state index contributed by atoms with van der Waals surface area (Å²) in [5, 5.41) is 0.579. The van der Waals surface area contributed by atoms with E-state index >= 15 is 0 Å². The molecule has 1 aliphatic rings. The molecule has 0 radical (unpaired) electrons. The number of quaternary nitrogens is 1. The Morgan fingerprint density at radius 1 is 0.969 bits per heavy atom. The molecule has 0 spiro atoms. The van der Waals surface area contributed by atoms with Crippen LogP contribution >= 0.6 is 11.6 Å². The summed E-state index contributed by atoms with van der Waals surface area (Å²) < 4.78 is 20.1. The van der Waals surface area contributed by atoms with Crippen molar-refractivity contribution in [3.63, 3.8) is 0 Å². The van der Waals surface area contributed by atoms with Gasteiger partial charge in [-0.05, 0) is 42.3 Å². The Hall–Kier alpha value is -2.59. The fraction of sp³-hybridized carbons (Fsp3) is 0.185. The smallest absolute Gasteiger partial charge is 0.153 e. The van der Waals surface area contributed by atoms with Gasteiger partial charge >= 0.3 is 0 Å². The lowest BCUT2D eigenvalue weighted by molar-refractivity contribution is -0.851. The van der Waals surface area contributed by atoms with Crippen LogP contribution in [-0.4, -0.2) is 20.6 Å². The molecule has 1 unspecified atom stereocenters. The van der Waals surface area contributed by atoms with Crippen LogP contribution in [0.25, 0.3) is 5.76 Å². The highest BCUT2D eigenvalue weighted by Gasteiger charge is 2.31. The standard InChI is InChI=1S/C27H25ClFNO.ClH/c1-18-8-10-20(11-9-18)27-26(28)23(16-17-30(2)3)25(19-12-14-21(29)15-13-19)22-6-4-5-7-24(22)31-27;/h4-16,25H,17H2,1-3H3;1H/b23-16-;. The van der Waals surface area contributed by atoms with E-state index in [4.69, 9.17) is 16.3 Å². The van der Waals surface area contributed by atoms with E-state index in [1.54, 1.807) is 0 Å². The summed E-state index contributed by atoms with van der Waals surface area (Å²) >= 11 is 7.08. The fourth-order valence-corrected chi connectivity index (χ4v) is 4.15. The molecule has 1 atom stereocenters. The van der Waals surface area contributed by atoms with Gasteiger partial charge in [-0.3, -0.25) is 0 Å². The number of para-hydroxylation sites is 1. The molecule has 2 nitrogen and oxygen atoms in total. The number of hydrogen-bond donors (Lipinski definition) is 1. The second kappa shape index (κ2) is 10.4. The number of hydrogen-bond acceptors (Lipinski definition) is 1. The van der Waals surface area contributed by atoms with Gasteiger partial charge in [-0.2, -0.15) is 0 Å². The number of aryl methyl sites for hydroxylation is 1. The lowest BCUT2D eigenvalue weighted by Crippen LogP contribution is -3.05. The van der Waals surface area contributed by atoms with Crippen molar-refractivity contribution in [1.82, 2.24) is 0 Å². The predicted octanol–water partition coefficient (Wildman–Crippen LogP) is 2.34. The second-order valence-electron chi connectivity index (χ2n) is 8.20. The van der Waals surface area contributed by atoms with E-state index in [0.29, 0.717) is 10.8 Å². The molecule has 1 N–H and O–H groups in total. The van der Waals surface area contributed by atoms with Gasteiger partial charge in [0.25, 0.3) is 0 Å². The number of ether oxygens (including phenoxy) is 1. The maximum Gasteiger partial charge on any atom is 0.153 e. The van der Waals surface area contributed by atoms with Crippen LogP contribution < -0.4 is 22.0 Å². The van der Waals surface area contributed by atoms with Crippen molar-refractivity contribution in [3.8, 4) is 5.75 Å². The first kappa shape index (κ1) is 24.1. The predicted molar refractivity (Wildman–Crippen MR) is 125 cm³/mol. The molecule has 0 aliphatic carbocycles. The average molecular weight is 470 g/mol. The summed E-state index contributed by atoms with van der Waals surface area (Å²) in [6, 6.07) is 22.8. The van der Waals surface area contributed by atoms with E-state index in [9.17, 15) is 4.39 Å². The Bertz CT molecular complexity index is 1140. The van der Waals surface area contributed by atoms with Crippen LogP contribution in [0.15, 0.2) is 89.5 Å². The number of rotatable bonds is 4. The number of fused-ring (bicyclic) bond motifs is 1. The maximum absolute atomic E-state index is 13.7. The Balaban J connectivity index is 0.00000289. The molecule has 5 heteroatoms. The highest BCUT2D eigenvalue weighted by molar-refractivity contribution is 6.35. The summed E-state index contributed by atoms with van der Waals surface area (Å²) in [5.74, 6) is 0.976. The van der Waals surface area contributed by atoms with E-state index in [0.717, 1.165) is 34.6 Å². The molecular formula is C27H26Cl2FNO. The van der Waals surface area contributed by atoms with Gasteiger partial charge in [0.05, 0.1) is 25.7 Å². The minimum atomic E-state index is -0.257. The first-order chi connectivity index (χ1) is 14.9. The Morgan fingerprint density at radius 3 is 2.28 bits per heavy atom. The van der Waals surface area contributed by atoms with E-state index in [1.807, 2.05) is 42.5 Å². The van der Waals surface area contributed by atoms with E-state index < -0.39 is 0 Å². The number of benzene rings is 3. The minimum absolute atomic E-state index is 0. The van der Waals surface area contributed by atoms with Crippen LogP contribution in [0.2, 0.25) is 0 Å². The van der Waals surface area contributed by atoms with Crippen LogP contribution in [0.1, 0.15) is 28.2 Å². The van der Waals surface area contributed by atoms with Crippen molar-refractivity contribution in [1.29, 1.82) is 0 Å². The molecule has 0 saturated carbocycles. The van der Waals surface area contributed by atoms with Crippen LogP contribution in [0.3, 0.4) is 0 Å². The van der Waals surface area contributed by atoms with Gasteiger partial charge in [0, 0.05) is 17.0 Å². The third-order valence-corrected chi connectivity index (χ3v) is 5.84. The topological polar surface area (TPSA) is 13.7 Å². The fourth-order valence-electron chi connectivity index (χ4n) is 3.82. The van der Waals surface area contributed by atoms with E-state index in [1.165, 1.54) is 22.6 Å². The Labute approximate surface area is 200 Å². The molecule has 3 aromatic rings. The van der Waals surface area contributed by atoms with Crippen molar-refractivity contribution in [2.24, 2.45) is 0 Å². The lowest BCUT2D eigenvalue weighted by atomic mass is 9.83. The molecule has 0 amide bonds. The summed E-state index contributed by atoms with van der Waals surface area (Å²) in [7, 11) is 4.20. The molecule has 0 aromatic heterocycles. The normalized spacial score (nSPS) is 16.9. The average Bonchev–Trinajstić information content (AvgIpc) is 2.88. The molecule has 0 fully saturated rings. The van der Waals surface area contributed by atoms with Crippen LogP contribution in [0, 0.1) is 12.7 Å². The number of allylic oxidation sites excluding steroid dienone is 2. The van der Waals surface area contributed by atoms with Crippen molar-refractivity contribution in [2.45, 2.75) is 12.8 Å². The first-order valence-electron chi connectivity index (χ1n) is 10.4. The molecule has 1 aliphatic heterocycles. The Morgan fingerprint density at radius 2 is 1.62 bits per heavy atom. The molecule has 3 aromatic carbocycles. The summed E-state index contributed by atoms with van der Waals surface area (Å²) in [6.07, 6.45) is 2.17. The zero-order valence-electron chi connectivity index (χ0n) is 18.3. The number of likely N-dealkylation sites (N-methyl/N-ethyl adjacent to an activating group) is 1. The van der Waals surface area contributed by atoms with Gasteiger partial charge in [-0.25, -0.2) is 4.39 Å². The van der Waals surface area contributed by atoms with Gasteiger partial charge in [0.15, 0.2) is 5.76 Å². The van der Waals surface area contributed by atoms with Crippen molar-refractivity contribution in [2.75, 3.05) is 20.6 Å². The van der Waals surface area contributed by atoms with Gasteiger partial charge in [-0.15, -0.1) is 0 Å². The summed E-state index contributed by atoms with van der Waals surface area (Å²) in [5.41, 5.74) is 5.05. The largest absolute Gasteiger partial charge is 1.00 e. The zero-order chi connectivity index (χ0) is 22.0. The third kappa shape index (κ3) is 5.07. The number of halogens is 3. The summed E-state index contributed by atoms with van der Waals surface area (Å²) in [4.78, 5) is 1.28. The SMILES string of the molecule is Cc1ccc(C2=C(Cl)/C(=C\C[NH+](C)C)C(c3ccc(F)cc3)c3ccccc3O2)cc1.[Cl-]. The van der Waals surface area contributed by atoms with Crippen LogP contribution in [0.5, 0.6) is 5.75 Å². The molecular weight excluding hydrogens is 444 g/mol. The Kier molecular flexibility index (Phi) is 7.78. The van der Waals surface area contributed by atoms with E-state index in [-0.39, 0.29) is 24.1 Å². The van der Waals surface area contributed by atoms with E-state index in [2.05, 4.69) is 45.3 Å². The quantitative estimate of drug-likeness (QED) is 0.618. The van der Waals surface area contributed by atoms with Crippen LogP contribution in [0.4, 0.5) is 4.39 Å². The van der Waals surface area contributed by atoms with Crippen LogP contribution in [-0.2, 0) is 0 Å². The maximum atomic E-state index is 13.7. The monoisotopic (exact) mass is 469 g/mol. The van der Waals surface area contributed by atoms with Gasteiger partial charge < -0.3 is 22.0 Å². The van der Waals surface area contributed by atoms with Gasteiger partial charge in [0.1, 0.15) is 11.6 Å². The molecule has 0 bridgehead atoms. The molecule has 166 valence electrons.